The van der Waals surface area contributed by atoms with Gasteiger partial charge in [0, 0.05) is 29.6 Å². The third-order valence-corrected chi connectivity index (χ3v) is 3.06. The Balaban J connectivity index is 2.34. The molecule has 1 N–H and O–H groups in total. The summed E-state index contributed by atoms with van der Waals surface area (Å²) in [6.07, 6.45) is 3.99. The number of ether oxygens (including phenoxy) is 1. The van der Waals surface area contributed by atoms with Crippen molar-refractivity contribution in [3.8, 4) is 5.75 Å². The van der Waals surface area contributed by atoms with Crippen molar-refractivity contribution < 1.29 is 14.3 Å². The zero-order valence-electron chi connectivity index (χ0n) is 10.0. The molecule has 3 aromatic rings. The molecule has 0 aliphatic carbocycles. The van der Waals surface area contributed by atoms with Gasteiger partial charge in [0.25, 0.3) is 0 Å². The van der Waals surface area contributed by atoms with Crippen molar-refractivity contribution in [1.29, 1.82) is 0 Å². The average molecular weight is 243 g/mol. The molecule has 0 aliphatic heterocycles. The second kappa shape index (κ2) is 4.31. The van der Waals surface area contributed by atoms with Crippen molar-refractivity contribution >= 4 is 21.9 Å². The van der Waals surface area contributed by atoms with Crippen LogP contribution in [0.2, 0.25) is 0 Å². The standard InChI is InChI=1S/C14H13NO3/c1-17-13-7-12-11(6-9(13)2-4-16)14-10(8-15-12)3-5-18-14/h3,5-8,16H,2,4H2,1H3. The summed E-state index contributed by atoms with van der Waals surface area (Å²) >= 11 is 0. The summed E-state index contributed by atoms with van der Waals surface area (Å²) in [5.41, 5.74) is 2.61. The Labute approximate surface area is 104 Å². The Bertz CT molecular complexity index is 703. The average Bonchev–Trinajstić information content (AvgIpc) is 2.87. The molecule has 4 heteroatoms. The number of furan rings is 1. The van der Waals surface area contributed by atoms with Gasteiger partial charge in [0.1, 0.15) is 11.3 Å². The van der Waals surface area contributed by atoms with E-state index in [1.807, 2.05) is 18.2 Å². The van der Waals surface area contributed by atoms with E-state index in [2.05, 4.69) is 4.98 Å². The fourth-order valence-electron chi connectivity index (χ4n) is 2.19. The Morgan fingerprint density at radius 3 is 3.06 bits per heavy atom. The molecule has 0 saturated heterocycles. The molecule has 0 atom stereocenters. The zero-order valence-corrected chi connectivity index (χ0v) is 10.0. The van der Waals surface area contributed by atoms with Crippen molar-refractivity contribution in [2.24, 2.45) is 0 Å². The largest absolute Gasteiger partial charge is 0.496 e. The number of pyridine rings is 1. The van der Waals surface area contributed by atoms with Gasteiger partial charge in [0.05, 0.1) is 18.9 Å². The third kappa shape index (κ3) is 1.62. The van der Waals surface area contributed by atoms with Crippen LogP contribution in [-0.4, -0.2) is 23.8 Å². The number of aliphatic hydroxyl groups is 1. The quantitative estimate of drug-likeness (QED) is 0.768. The van der Waals surface area contributed by atoms with E-state index in [-0.39, 0.29) is 6.61 Å². The molecule has 3 rings (SSSR count). The van der Waals surface area contributed by atoms with Gasteiger partial charge in [0.2, 0.25) is 0 Å². The molecule has 1 aromatic carbocycles. The minimum absolute atomic E-state index is 0.0867. The molecule has 2 aromatic heterocycles. The van der Waals surface area contributed by atoms with Crippen LogP contribution in [0.15, 0.2) is 35.1 Å². The van der Waals surface area contributed by atoms with Crippen molar-refractivity contribution in [2.45, 2.75) is 6.42 Å². The van der Waals surface area contributed by atoms with E-state index in [0.717, 1.165) is 33.2 Å². The Kier molecular flexibility index (Phi) is 2.64. The summed E-state index contributed by atoms with van der Waals surface area (Å²) in [4.78, 5) is 4.39. The lowest BCUT2D eigenvalue weighted by molar-refractivity contribution is 0.297. The van der Waals surface area contributed by atoms with E-state index in [0.29, 0.717) is 6.42 Å². The lowest BCUT2D eigenvalue weighted by Crippen LogP contribution is -1.96. The molecule has 0 bridgehead atoms. The maximum Gasteiger partial charge on any atom is 0.144 e. The molecule has 0 aliphatic rings. The van der Waals surface area contributed by atoms with Gasteiger partial charge in [0.15, 0.2) is 0 Å². The van der Waals surface area contributed by atoms with Gasteiger partial charge in [-0.2, -0.15) is 0 Å². The van der Waals surface area contributed by atoms with E-state index in [1.54, 1.807) is 19.6 Å². The van der Waals surface area contributed by atoms with Gasteiger partial charge < -0.3 is 14.3 Å². The second-order valence-corrected chi connectivity index (χ2v) is 4.12. The van der Waals surface area contributed by atoms with Gasteiger partial charge >= 0.3 is 0 Å². The Hall–Kier alpha value is -2.07. The number of hydrogen-bond acceptors (Lipinski definition) is 4. The number of hydrogen-bond donors (Lipinski definition) is 1. The molecule has 0 unspecified atom stereocenters. The summed E-state index contributed by atoms with van der Waals surface area (Å²) in [7, 11) is 1.62. The molecule has 2 heterocycles. The summed E-state index contributed by atoms with van der Waals surface area (Å²) in [5.74, 6) is 0.745. The maximum atomic E-state index is 9.09. The van der Waals surface area contributed by atoms with E-state index in [4.69, 9.17) is 14.3 Å². The molecule has 4 nitrogen and oxygen atoms in total. The van der Waals surface area contributed by atoms with Crippen LogP contribution in [0.3, 0.4) is 0 Å². The highest BCUT2D eigenvalue weighted by Gasteiger charge is 2.10. The van der Waals surface area contributed by atoms with Gasteiger partial charge in [-0.15, -0.1) is 0 Å². The van der Waals surface area contributed by atoms with Crippen LogP contribution in [0.1, 0.15) is 5.56 Å². The van der Waals surface area contributed by atoms with Crippen LogP contribution in [0, 0.1) is 0 Å². The van der Waals surface area contributed by atoms with Gasteiger partial charge in [-0.05, 0) is 24.1 Å². The van der Waals surface area contributed by atoms with E-state index in [1.165, 1.54) is 0 Å². The number of nitrogens with zero attached hydrogens (tertiary/aromatic N) is 1. The van der Waals surface area contributed by atoms with Crippen molar-refractivity contribution in [2.75, 3.05) is 13.7 Å². The minimum Gasteiger partial charge on any atom is -0.496 e. The van der Waals surface area contributed by atoms with Crippen molar-refractivity contribution in [1.82, 2.24) is 4.98 Å². The first-order chi connectivity index (χ1) is 8.83. The molecule has 0 spiro atoms. The fourth-order valence-corrected chi connectivity index (χ4v) is 2.19. The van der Waals surface area contributed by atoms with Crippen LogP contribution in [0.25, 0.3) is 21.9 Å². The Morgan fingerprint density at radius 2 is 2.28 bits per heavy atom. The van der Waals surface area contributed by atoms with Crippen LogP contribution in [0.5, 0.6) is 5.75 Å². The molecule has 92 valence electrons. The number of methoxy groups -OCH3 is 1. The normalized spacial score (nSPS) is 11.2. The SMILES string of the molecule is COc1cc2ncc3ccoc3c2cc1CCO. The molecule has 18 heavy (non-hydrogen) atoms. The van der Waals surface area contributed by atoms with Crippen molar-refractivity contribution in [3.05, 3.63) is 36.2 Å². The number of fused-ring (bicyclic) bond motifs is 3. The lowest BCUT2D eigenvalue weighted by Gasteiger charge is -2.09. The highest BCUT2D eigenvalue weighted by molar-refractivity contribution is 6.02. The molecule has 0 fully saturated rings. The van der Waals surface area contributed by atoms with Gasteiger partial charge in [-0.3, -0.25) is 4.98 Å². The van der Waals surface area contributed by atoms with E-state index >= 15 is 0 Å². The second-order valence-electron chi connectivity index (χ2n) is 4.12. The van der Waals surface area contributed by atoms with Gasteiger partial charge in [-0.1, -0.05) is 0 Å². The zero-order chi connectivity index (χ0) is 12.5. The highest BCUT2D eigenvalue weighted by Crippen LogP contribution is 2.30. The monoisotopic (exact) mass is 243 g/mol. The van der Waals surface area contributed by atoms with E-state index < -0.39 is 0 Å². The molecule has 0 amide bonds. The van der Waals surface area contributed by atoms with Crippen LogP contribution < -0.4 is 4.74 Å². The summed E-state index contributed by atoms with van der Waals surface area (Å²) in [6, 6.07) is 5.74. The highest BCUT2D eigenvalue weighted by atomic mass is 16.5. The third-order valence-electron chi connectivity index (χ3n) is 3.06. The minimum atomic E-state index is 0.0867. The summed E-state index contributed by atoms with van der Waals surface area (Å²) in [6.45, 7) is 0.0867. The predicted octanol–water partition coefficient (Wildman–Crippen LogP) is 2.52. The molecular formula is C14H13NO3. The topological polar surface area (TPSA) is 55.5 Å². The molecule has 0 radical (unpaired) electrons. The first-order valence-electron chi connectivity index (χ1n) is 5.77. The Morgan fingerprint density at radius 1 is 1.39 bits per heavy atom. The number of benzene rings is 1. The van der Waals surface area contributed by atoms with Crippen molar-refractivity contribution in [3.63, 3.8) is 0 Å². The first-order valence-corrected chi connectivity index (χ1v) is 5.77. The first kappa shape index (κ1) is 11.0. The van der Waals surface area contributed by atoms with Gasteiger partial charge in [-0.25, -0.2) is 0 Å². The fraction of sp³-hybridized carbons (Fsp3) is 0.214. The van der Waals surface area contributed by atoms with Crippen LogP contribution in [-0.2, 0) is 6.42 Å². The van der Waals surface area contributed by atoms with Crippen LogP contribution >= 0.6 is 0 Å². The summed E-state index contributed by atoms with van der Waals surface area (Å²) < 4.78 is 10.8. The van der Waals surface area contributed by atoms with Crippen LogP contribution in [0.4, 0.5) is 0 Å². The molecular weight excluding hydrogens is 230 g/mol. The lowest BCUT2D eigenvalue weighted by atomic mass is 10.1. The summed E-state index contributed by atoms with van der Waals surface area (Å²) in [5, 5.41) is 11.0. The smallest absolute Gasteiger partial charge is 0.144 e. The maximum absolute atomic E-state index is 9.09. The van der Waals surface area contributed by atoms with E-state index in [9.17, 15) is 0 Å². The predicted molar refractivity (Wildman–Crippen MR) is 68.9 cm³/mol. The number of aromatic nitrogens is 1. The molecule has 0 saturated carbocycles. The number of aliphatic hydroxyl groups excluding tert-OH is 1. The number of rotatable bonds is 3.